The van der Waals surface area contributed by atoms with Crippen molar-refractivity contribution in [3.63, 3.8) is 0 Å². The highest BCUT2D eigenvalue weighted by Crippen LogP contribution is 2.31. The molecule has 0 unspecified atom stereocenters. The van der Waals surface area contributed by atoms with E-state index >= 15 is 0 Å². The van der Waals surface area contributed by atoms with Gasteiger partial charge in [-0.3, -0.25) is 4.99 Å². The van der Waals surface area contributed by atoms with Crippen molar-refractivity contribution in [1.82, 2.24) is 5.32 Å². The number of nitrogens with zero attached hydrogens (tertiary/aromatic N) is 1. The third-order valence-corrected chi connectivity index (χ3v) is 3.17. The summed E-state index contributed by atoms with van der Waals surface area (Å²) in [6.07, 6.45) is 1.01. The standard InChI is InChI=1S/C11H11ClN2.2ClH/c12-9-2-1-7-3-10(8-5-13-6-8)14-11(7)4-9;;/h1-2,4,8,13H,3,5-6H2;2*1H. The van der Waals surface area contributed by atoms with Crippen LogP contribution < -0.4 is 5.32 Å². The summed E-state index contributed by atoms with van der Waals surface area (Å²) in [6.45, 7) is 2.17. The molecule has 1 saturated heterocycles. The number of hydrogen-bond acceptors (Lipinski definition) is 2. The molecule has 16 heavy (non-hydrogen) atoms. The first-order valence-electron chi connectivity index (χ1n) is 4.89. The van der Waals surface area contributed by atoms with E-state index in [4.69, 9.17) is 11.6 Å². The molecule has 0 amide bonds. The van der Waals surface area contributed by atoms with E-state index in [9.17, 15) is 0 Å². The monoisotopic (exact) mass is 278 g/mol. The summed E-state index contributed by atoms with van der Waals surface area (Å²) < 4.78 is 0. The minimum atomic E-state index is 0. The smallest absolute Gasteiger partial charge is 0.0679 e. The van der Waals surface area contributed by atoms with Crippen molar-refractivity contribution in [2.75, 3.05) is 13.1 Å². The molecule has 2 heterocycles. The molecule has 2 nitrogen and oxygen atoms in total. The number of halogens is 3. The zero-order chi connectivity index (χ0) is 9.54. The molecule has 0 aliphatic carbocycles. The third-order valence-electron chi connectivity index (χ3n) is 2.94. The number of aliphatic imine (C=N–C) groups is 1. The molecule has 1 N–H and O–H groups in total. The maximum atomic E-state index is 5.92. The van der Waals surface area contributed by atoms with Gasteiger partial charge in [0.2, 0.25) is 0 Å². The van der Waals surface area contributed by atoms with E-state index in [0.29, 0.717) is 5.92 Å². The number of fused-ring (bicyclic) bond motifs is 1. The summed E-state index contributed by atoms with van der Waals surface area (Å²) in [7, 11) is 0. The average Bonchev–Trinajstić information content (AvgIpc) is 2.43. The Kier molecular flexibility index (Phi) is 4.62. The lowest BCUT2D eigenvalue weighted by molar-refractivity contribution is 0.441. The van der Waals surface area contributed by atoms with E-state index in [2.05, 4.69) is 16.4 Å². The number of hydrogen-bond donors (Lipinski definition) is 1. The molecule has 2 aliphatic heterocycles. The van der Waals surface area contributed by atoms with Gasteiger partial charge in [0.25, 0.3) is 0 Å². The third kappa shape index (κ3) is 2.35. The zero-order valence-electron chi connectivity index (χ0n) is 8.57. The number of benzene rings is 1. The lowest BCUT2D eigenvalue weighted by Gasteiger charge is -2.26. The normalized spacial score (nSPS) is 17.7. The predicted octanol–water partition coefficient (Wildman–Crippen LogP) is 3.03. The molecule has 5 heteroatoms. The Hall–Kier alpha value is -0.280. The van der Waals surface area contributed by atoms with E-state index in [-0.39, 0.29) is 24.8 Å². The van der Waals surface area contributed by atoms with Crippen LogP contribution in [-0.4, -0.2) is 18.8 Å². The minimum Gasteiger partial charge on any atom is -0.315 e. The first-order valence-corrected chi connectivity index (χ1v) is 5.27. The Morgan fingerprint density at radius 1 is 1.25 bits per heavy atom. The zero-order valence-corrected chi connectivity index (χ0v) is 11.0. The summed E-state index contributed by atoms with van der Waals surface area (Å²) in [5, 5.41) is 4.05. The van der Waals surface area contributed by atoms with Crippen LogP contribution >= 0.6 is 36.4 Å². The van der Waals surface area contributed by atoms with Crippen LogP contribution in [0.4, 0.5) is 5.69 Å². The highest BCUT2D eigenvalue weighted by Gasteiger charge is 2.26. The van der Waals surface area contributed by atoms with E-state index < -0.39 is 0 Å². The van der Waals surface area contributed by atoms with Crippen molar-refractivity contribution in [2.24, 2.45) is 10.9 Å². The maximum Gasteiger partial charge on any atom is 0.0679 e. The maximum absolute atomic E-state index is 5.92. The van der Waals surface area contributed by atoms with E-state index in [0.717, 1.165) is 30.2 Å². The molecular weight excluding hydrogens is 266 g/mol. The quantitative estimate of drug-likeness (QED) is 0.839. The predicted molar refractivity (Wildman–Crippen MR) is 73.1 cm³/mol. The van der Waals surface area contributed by atoms with Gasteiger partial charge in [-0.25, -0.2) is 0 Å². The molecular formula is C11H13Cl3N2. The average molecular weight is 280 g/mol. The van der Waals surface area contributed by atoms with Crippen molar-refractivity contribution < 1.29 is 0 Å². The second kappa shape index (κ2) is 5.37. The van der Waals surface area contributed by atoms with Gasteiger partial charge in [0.1, 0.15) is 0 Å². The fourth-order valence-corrected chi connectivity index (χ4v) is 2.11. The van der Waals surface area contributed by atoms with Gasteiger partial charge in [-0.05, 0) is 17.7 Å². The molecule has 0 spiro atoms. The van der Waals surface area contributed by atoms with Crippen LogP contribution in [0.25, 0.3) is 0 Å². The molecule has 88 valence electrons. The first kappa shape index (κ1) is 13.8. The van der Waals surface area contributed by atoms with Crippen molar-refractivity contribution in [3.05, 3.63) is 28.8 Å². The van der Waals surface area contributed by atoms with Crippen LogP contribution in [0.5, 0.6) is 0 Å². The Morgan fingerprint density at radius 3 is 2.62 bits per heavy atom. The van der Waals surface area contributed by atoms with Crippen LogP contribution in [0, 0.1) is 5.92 Å². The highest BCUT2D eigenvalue weighted by atomic mass is 35.5. The van der Waals surface area contributed by atoms with E-state index in [1.807, 2.05) is 12.1 Å². The molecule has 1 fully saturated rings. The highest BCUT2D eigenvalue weighted by molar-refractivity contribution is 6.31. The largest absolute Gasteiger partial charge is 0.315 e. The lowest BCUT2D eigenvalue weighted by atomic mass is 9.94. The summed E-state index contributed by atoms with van der Waals surface area (Å²) in [6, 6.07) is 5.98. The van der Waals surface area contributed by atoms with Crippen LogP contribution in [-0.2, 0) is 6.42 Å². The fraction of sp³-hybridized carbons (Fsp3) is 0.364. The Morgan fingerprint density at radius 2 is 2.00 bits per heavy atom. The van der Waals surface area contributed by atoms with Gasteiger partial charge >= 0.3 is 0 Å². The molecule has 0 bridgehead atoms. The second-order valence-electron chi connectivity index (χ2n) is 3.91. The van der Waals surface area contributed by atoms with E-state index in [1.165, 1.54) is 11.3 Å². The van der Waals surface area contributed by atoms with Gasteiger partial charge in [0, 0.05) is 36.2 Å². The Balaban J connectivity index is 0.000000640. The van der Waals surface area contributed by atoms with Gasteiger partial charge in [0.15, 0.2) is 0 Å². The van der Waals surface area contributed by atoms with Gasteiger partial charge in [-0.15, -0.1) is 24.8 Å². The van der Waals surface area contributed by atoms with Gasteiger partial charge in [-0.1, -0.05) is 17.7 Å². The minimum absolute atomic E-state index is 0. The molecule has 1 aromatic rings. The molecule has 0 atom stereocenters. The summed E-state index contributed by atoms with van der Waals surface area (Å²) in [5.41, 5.74) is 3.71. The molecule has 0 radical (unpaired) electrons. The summed E-state index contributed by atoms with van der Waals surface area (Å²) in [4.78, 5) is 4.63. The number of nitrogens with one attached hydrogen (secondary N) is 1. The summed E-state index contributed by atoms with van der Waals surface area (Å²) >= 11 is 5.92. The molecule has 2 aliphatic rings. The molecule has 0 aromatic heterocycles. The van der Waals surface area contributed by atoms with Gasteiger partial charge in [0.05, 0.1) is 5.69 Å². The van der Waals surface area contributed by atoms with Crippen LogP contribution in [0.1, 0.15) is 5.56 Å². The fourth-order valence-electron chi connectivity index (χ4n) is 1.94. The lowest BCUT2D eigenvalue weighted by Crippen LogP contribution is -2.46. The van der Waals surface area contributed by atoms with Gasteiger partial charge in [-0.2, -0.15) is 0 Å². The van der Waals surface area contributed by atoms with E-state index in [1.54, 1.807) is 0 Å². The first-order chi connectivity index (χ1) is 6.83. The van der Waals surface area contributed by atoms with Gasteiger partial charge < -0.3 is 5.32 Å². The summed E-state index contributed by atoms with van der Waals surface area (Å²) in [5.74, 6) is 0.654. The molecule has 0 saturated carbocycles. The Labute approximate surface area is 112 Å². The topological polar surface area (TPSA) is 24.4 Å². The van der Waals surface area contributed by atoms with Crippen LogP contribution in [0.3, 0.4) is 0 Å². The second-order valence-corrected chi connectivity index (χ2v) is 4.34. The van der Waals surface area contributed by atoms with Crippen molar-refractivity contribution in [2.45, 2.75) is 6.42 Å². The Bertz CT molecular complexity index is 414. The van der Waals surface area contributed by atoms with Crippen molar-refractivity contribution >= 4 is 47.8 Å². The van der Waals surface area contributed by atoms with Crippen molar-refractivity contribution in [3.8, 4) is 0 Å². The molecule has 1 aromatic carbocycles. The van der Waals surface area contributed by atoms with Crippen molar-refractivity contribution in [1.29, 1.82) is 0 Å². The molecule has 3 rings (SSSR count). The number of rotatable bonds is 1. The SMILES string of the molecule is Cl.Cl.Clc1ccc2c(c1)N=C(C1CNC1)C2. The van der Waals surface area contributed by atoms with Crippen LogP contribution in [0.2, 0.25) is 5.02 Å². The van der Waals surface area contributed by atoms with Crippen LogP contribution in [0.15, 0.2) is 23.2 Å².